The Bertz CT molecular complexity index is 619. The van der Waals surface area contributed by atoms with Gasteiger partial charge in [-0.2, -0.15) is 0 Å². The topological polar surface area (TPSA) is 43.4 Å². The van der Waals surface area contributed by atoms with E-state index in [2.05, 4.69) is 56.5 Å². The third-order valence-electron chi connectivity index (χ3n) is 4.31. The molecule has 0 saturated carbocycles. The zero-order valence-corrected chi connectivity index (χ0v) is 18.5. The molecule has 0 amide bonds. The highest BCUT2D eigenvalue weighted by Crippen LogP contribution is 2.37. The average molecular weight is 466 g/mol. The largest absolute Gasteiger partial charge is 0.411 e. The van der Waals surface area contributed by atoms with Crippen molar-refractivity contribution in [2.45, 2.75) is 56.3 Å². The molecule has 23 heavy (non-hydrogen) atoms. The Morgan fingerprint density at radius 1 is 1.22 bits per heavy atom. The van der Waals surface area contributed by atoms with E-state index >= 15 is 0 Å². The van der Waals surface area contributed by atoms with E-state index in [1.54, 1.807) is 24.3 Å². The first-order valence-corrected chi connectivity index (χ1v) is 13.5. The normalized spacial score (nSPS) is 15.0. The smallest absolute Gasteiger partial charge is 0.192 e. The number of halogens is 1. The van der Waals surface area contributed by atoms with Gasteiger partial charge >= 0.3 is 0 Å². The van der Waals surface area contributed by atoms with E-state index in [9.17, 15) is 8.42 Å². The Morgan fingerprint density at radius 3 is 2.26 bits per heavy atom. The van der Waals surface area contributed by atoms with Crippen LogP contribution in [0.5, 0.6) is 0 Å². The van der Waals surface area contributed by atoms with E-state index in [-0.39, 0.29) is 16.9 Å². The minimum Gasteiger partial charge on any atom is -0.411 e. The lowest BCUT2D eigenvalue weighted by Gasteiger charge is -2.38. The summed E-state index contributed by atoms with van der Waals surface area (Å²) in [5, 5.41) is 0.0999. The molecule has 1 aromatic carbocycles. The molecule has 0 aliphatic rings. The maximum atomic E-state index is 12.4. The molecule has 1 aromatic rings. The van der Waals surface area contributed by atoms with Crippen molar-refractivity contribution in [3.63, 3.8) is 0 Å². The molecule has 6 heteroatoms. The number of hydrogen-bond acceptors (Lipinski definition) is 3. The van der Waals surface area contributed by atoms with Gasteiger partial charge in [0.2, 0.25) is 0 Å². The number of sulfone groups is 1. The van der Waals surface area contributed by atoms with Gasteiger partial charge in [-0.1, -0.05) is 67.6 Å². The maximum absolute atomic E-state index is 12.4. The van der Waals surface area contributed by atoms with Gasteiger partial charge in [0.25, 0.3) is 0 Å². The fourth-order valence-electron chi connectivity index (χ4n) is 1.85. The number of hydrogen-bond donors (Lipinski definition) is 0. The van der Waals surface area contributed by atoms with Crippen LogP contribution in [-0.4, -0.2) is 28.6 Å². The molecule has 0 fully saturated rings. The van der Waals surface area contributed by atoms with Crippen LogP contribution in [0, 0.1) is 0 Å². The second-order valence-corrected chi connectivity index (χ2v) is 14.7. The van der Waals surface area contributed by atoms with E-state index in [1.807, 2.05) is 16.2 Å². The van der Waals surface area contributed by atoms with Crippen molar-refractivity contribution in [3.8, 4) is 0 Å². The summed E-state index contributed by atoms with van der Waals surface area (Å²) in [4.78, 5) is 0.379. The van der Waals surface area contributed by atoms with Gasteiger partial charge in [0.1, 0.15) is 0 Å². The number of rotatable bonds is 7. The van der Waals surface area contributed by atoms with Gasteiger partial charge in [-0.15, -0.1) is 0 Å². The van der Waals surface area contributed by atoms with Gasteiger partial charge in [-0.25, -0.2) is 8.42 Å². The van der Waals surface area contributed by atoms with Crippen LogP contribution in [0.25, 0.3) is 0 Å². The van der Waals surface area contributed by atoms with Crippen molar-refractivity contribution in [3.05, 3.63) is 40.5 Å². The first-order valence-electron chi connectivity index (χ1n) is 7.72. The molecule has 0 spiro atoms. The van der Waals surface area contributed by atoms with Gasteiger partial charge in [0.05, 0.1) is 16.8 Å². The van der Waals surface area contributed by atoms with Crippen LogP contribution in [0.15, 0.2) is 45.4 Å². The predicted octanol–water partition coefficient (Wildman–Crippen LogP) is 5.19. The molecule has 0 saturated heterocycles. The Labute approximate surface area is 155 Å². The lowest BCUT2D eigenvalue weighted by Crippen LogP contribution is -2.43. The van der Waals surface area contributed by atoms with Crippen LogP contribution in [0.1, 0.15) is 27.2 Å². The third kappa shape index (κ3) is 6.32. The van der Waals surface area contributed by atoms with Crippen molar-refractivity contribution >= 4 is 40.7 Å². The molecule has 0 N–H and O–H groups in total. The summed E-state index contributed by atoms with van der Waals surface area (Å²) < 4.78 is 33.1. The first-order chi connectivity index (χ1) is 10.5. The van der Waals surface area contributed by atoms with Crippen molar-refractivity contribution < 1.29 is 12.8 Å². The Hall–Kier alpha value is -0.183. The summed E-state index contributed by atoms with van der Waals surface area (Å²) in [6, 6.07) is 8.62. The van der Waals surface area contributed by atoms with E-state index in [1.165, 1.54) is 0 Å². The van der Waals surface area contributed by atoms with Crippen molar-refractivity contribution in [1.29, 1.82) is 0 Å². The zero-order chi connectivity index (χ0) is 17.7. The van der Waals surface area contributed by atoms with E-state index in [0.717, 1.165) is 0 Å². The highest BCUT2D eigenvalue weighted by molar-refractivity contribution is 14.1. The molecular weight excluding hydrogens is 439 g/mol. The van der Waals surface area contributed by atoms with Gasteiger partial charge in [-0.05, 0) is 40.8 Å². The fraction of sp³-hybridized carbons (Fsp3) is 0.529. The van der Waals surface area contributed by atoms with Crippen molar-refractivity contribution in [2.75, 3.05) is 5.75 Å². The molecule has 1 atom stereocenters. The molecule has 3 nitrogen and oxygen atoms in total. The Balaban J connectivity index is 2.82. The Morgan fingerprint density at radius 2 is 1.78 bits per heavy atom. The molecule has 0 unspecified atom stereocenters. The first kappa shape index (κ1) is 20.9. The highest BCUT2D eigenvalue weighted by Gasteiger charge is 2.38. The second-order valence-electron chi connectivity index (χ2n) is 7.16. The van der Waals surface area contributed by atoms with Gasteiger partial charge in [0.15, 0.2) is 18.2 Å². The lowest BCUT2D eigenvalue weighted by atomic mass is 10.2. The molecule has 0 aliphatic carbocycles. The minimum atomic E-state index is -3.27. The molecule has 0 aromatic heterocycles. The molecule has 0 radical (unpaired) electrons. The summed E-state index contributed by atoms with van der Waals surface area (Å²) in [6.45, 7) is 10.9. The van der Waals surface area contributed by atoms with Gasteiger partial charge < -0.3 is 4.43 Å². The van der Waals surface area contributed by atoms with Crippen LogP contribution >= 0.6 is 22.6 Å². The van der Waals surface area contributed by atoms with E-state index < -0.39 is 18.2 Å². The quantitative estimate of drug-likeness (QED) is 0.410. The standard InChI is InChI=1S/C17H27IO3SSi/c1-17(2,3)23(4,5)21-15(11-13-18)12-14-22(19,20)16-9-7-6-8-10-16/h6-11,13,15H,12,14H2,1-5H3/b13-11+/t15-/m1/s1. The molecular formula is C17H27IO3SSi. The minimum absolute atomic E-state index is 0.0945. The monoisotopic (exact) mass is 466 g/mol. The average Bonchev–Trinajstić information content (AvgIpc) is 2.44. The Kier molecular flexibility index (Phi) is 7.50. The molecule has 1 rings (SSSR count). The fourth-order valence-corrected chi connectivity index (χ4v) is 4.97. The van der Waals surface area contributed by atoms with Crippen LogP contribution in [0.3, 0.4) is 0 Å². The maximum Gasteiger partial charge on any atom is 0.192 e. The lowest BCUT2D eigenvalue weighted by molar-refractivity contribution is 0.221. The van der Waals surface area contributed by atoms with Crippen LogP contribution in [0.2, 0.25) is 18.1 Å². The molecule has 130 valence electrons. The summed E-state index contributed by atoms with van der Waals surface area (Å²) in [5.41, 5.74) is 0. The van der Waals surface area contributed by atoms with Crippen LogP contribution in [0.4, 0.5) is 0 Å². The summed E-state index contributed by atoms with van der Waals surface area (Å²) in [5.74, 6) is 0.0945. The zero-order valence-electron chi connectivity index (χ0n) is 14.5. The van der Waals surface area contributed by atoms with Gasteiger partial charge in [0, 0.05) is 0 Å². The molecule has 0 heterocycles. The summed E-state index contributed by atoms with van der Waals surface area (Å²) in [6.07, 6.45) is 2.27. The van der Waals surface area contributed by atoms with Crippen molar-refractivity contribution in [1.82, 2.24) is 0 Å². The third-order valence-corrected chi connectivity index (χ3v) is 11.0. The number of benzene rings is 1. The van der Waals surface area contributed by atoms with Gasteiger partial charge in [-0.3, -0.25) is 0 Å². The highest BCUT2D eigenvalue weighted by atomic mass is 127. The SMILES string of the molecule is CC(C)(C)[Si](C)(C)O[C@H](/C=C/I)CCS(=O)(=O)c1ccccc1. The van der Waals surface area contributed by atoms with E-state index in [0.29, 0.717) is 11.3 Å². The predicted molar refractivity (Wildman–Crippen MR) is 108 cm³/mol. The van der Waals surface area contributed by atoms with E-state index in [4.69, 9.17) is 4.43 Å². The summed E-state index contributed by atoms with van der Waals surface area (Å²) in [7, 11) is -5.20. The summed E-state index contributed by atoms with van der Waals surface area (Å²) >= 11 is 2.15. The van der Waals surface area contributed by atoms with Crippen LogP contribution < -0.4 is 0 Å². The molecule has 0 aliphatic heterocycles. The van der Waals surface area contributed by atoms with Crippen LogP contribution in [-0.2, 0) is 14.3 Å². The van der Waals surface area contributed by atoms with Crippen molar-refractivity contribution in [2.24, 2.45) is 0 Å². The second kappa shape index (κ2) is 8.27. The molecule has 0 bridgehead atoms.